The fourth-order valence-electron chi connectivity index (χ4n) is 6.73. The molecule has 6 rings (SSSR count). The standard InChI is InChI=1S/C31H33N2O2/c1-33(17-15-23-12-13-29-30(18-23)35-22-34-29)19-27-26(28(27)20-33)14-16-31(21-32,24-8-4-2-5-9-24)25-10-6-3-7-11-25/h2-13,18,26-28H,14-17,19-20,22H2,1H3/q+1. The Morgan fingerprint density at radius 2 is 1.51 bits per heavy atom. The number of nitrogens with zero attached hydrogens (tertiary/aromatic N) is 2. The number of hydrogen-bond acceptors (Lipinski definition) is 3. The molecule has 2 fully saturated rings. The lowest BCUT2D eigenvalue weighted by atomic mass is 9.72. The van der Waals surface area contributed by atoms with Crippen LogP contribution in [-0.4, -0.2) is 38.0 Å². The summed E-state index contributed by atoms with van der Waals surface area (Å²) in [5, 5.41) is 10.5. The second kappa shape index (κ2) is 8.73. The van der Waals surface area contributed by atoms with E-state index in [0.29, 0.717) is 6.79 Å². The normalized spacial score (nSPS) is 26.2. The third-order valence-electron chi connectivity index (χ3n) is 8.77. The first-order valence-electron chi connectivity index (χ1n) is 12.8. The Hall–Kier alpha value is -3.29. The average Bonchev–Trinajstić information content (AvgIpc) is 3.22. The second-order valence-electron chi connectivity index (χ2n) is 10.9. The highest BCUT2D eigenvalue weighted by molar-refractivity contribution is 5.46. The number of rotatable bonds is 8. The lowest BCUT2D eigenvalue weighted by Gasteiger charge is -2.33. The first-order chi connectivity index (χ1) is 17.1. The van der Waals surface area contributed by atoms with E-state index in [2.05, 4.69) is 73.8 Å². The maximum atomic E-state index is 10.5. The van der Waals surface area contributed by atoms with E-state index in [1.54, 1.807) is 0 Å². The van der Waals surface area contributed by atoms with E-state index < -0.39 is 5.41 Å². The van der Waals surface area contributed by atoms with Gasteiger partial charge in [0.1, 0.15) is 5.41 Å². The molecule has 0 amide bonds. The van der Waals surface area contributed by atoms with E-state index in [0.717, 1.165) is 70.7 Å². The van der Waals surface area contributed by atoms with Gasteiger partial charge in [-0.3, -0.25) is 0 Å². The summed E-state index contributed by atoms with van der Waals surface area (Å²) in [6, 6.07) is 29.9. The Morgan fingerprint density at radius 1 is 0.886 bits per heavy atom. The number of benzene rings is 3. The molecule has 35 heavy (non-hydrogen) atoms. The van der Waals surface area contributed by atoms with Crippen LogP contribution in [0.25, 0.3) is 0 Å². The number of fused-ring (bicyclic) bond motifs is 2. The van der Waals surface area contributed by atoms with Crippen LogP contribution in [-0.2, 0) is 11.8 Å². The van der Waals surface area contributed by atoms with Gasteiger partial charge in [0.25, 0.3) is 0 Å². The molecular formula is C31H33N2O2+. The molecule has 2 unspecified atom stereocenters. The van der Waals surface area contributed by atoms with E-state index in [1.165, 1.54) is 18.7 Å². The minimum Gasteiger partial charge on any atom is -0.454 e. The van der Waals surface area contributed by atoms with Gasteiger partial charge < -0.3 is 14.0 Å². The van der Waals surface area contributed by atoms with E-state index >= 15 is 0 Å². The van der Waals surface area contributed by atoms with Crippen LogP contribution in [0.5, 0.6) is 11.5 Å². The minimum absolute atomic E-state index is 0.332. The molecule has 178 valence electrons. The maximum Gasteiger partial charge on any atom is 0.231 e. The van der Waals surface area contributed by atoms with E-state index in [-0.39, 0.29) is 0 Å². The quantitative estimate of drug-likeness (QED) is 0.409. The molecule has 1 aliphatic carbocycles. The molecule has 4 nitrogen and oxygen atoms in total. The molecule has 3 aromatic rings. The molecule has 0 N–H and O–H groups in total. The molecule has 3 aliphatic rings. The average molecular weight is 466 g/mol. The zero-order valence-electron chi connectivity index (χ0n) is 20.4. The van der Waals surface area contributed by atoms with Crippen molar-refractivity contribution >= 4 is 0 Å². The van der Waals surface area contributed by atoms with Gasteiger partial charge in [-0.2, -0.15) is 5.26 Å². The second-order valence-corrected chi connectivity index (χ2v) is 10.9. The third-order valence-corrected chi connectivity index (χ3v) is 8.77. The fourth-order valence-corrected chi connectivity index (χ4v) is 6.73. The summed E-state index contributed by atoms with van der Waals surface area (Å²) in [5.41, 5.74) is 2.99. The van der Waals surface area contributed by atoms with Crippen molar-refractivity contribution in [1.82, 2.24) is 0 Å². The van der Waals surface area contributed by atoms with Gasteiger partial charge in [-0.1, -0.05) is 66.7 Å². The largest absolute Gasteiger partial charge is 0.454 e. The smallest absolute Gasteiger partial charge is 0.231 e. The van der Waals surface area contributed by atoms with Crippen molar-refractivity contribution in [3.05, 3.63) is 95.6 Å². The molecule has 0 radical (unpaired) electrons. The predicted octanol–water partition coefficient (Wildman–Crippen LogP) is 5.57. The topological polar surface area (TPSA) is 42.2 Å². The SMILES string of the molecule is C[N+]1(CCc2ccc3c(c2)OCO3)CC2C(CCC(C#N)(c3ccccc3)c3ccccc3)C2C1. The number of piperidine rings is 1. The van der Waals surface area contributed by atoms with Crippen LogP contribution in [0.15, 0.2) is 78.9 Å². The molecule has 0 spiro atoms. The summed E-state index contributed by atoms with van der Waals surface area (Å²) in [4.78, 5) is 0. The van der Waals surface area contributed by atoms with E-state index in [1.807, 2.05) is 18.2 Å². The van der Waals surface area contributed by atoms with E-state index in [4.69, 9.17) is 9.47 Å². The van der Waals surface area contributed by atoms with Crippen molar-refractivity contribution in [3.63, 3.8) is 0 Å². The Kier molecular flexibility index (Phi) is 5.54. The molecular weight excluding hydrogens is 432 g/mol. The van der Waals surface area contributed by atoms with Gasteiger partial charge in [0, 0.05) is 18.3 Å². The highest BCUT2D eigenvalue weighted by Crippen LogP contribution is 2.57. The van der Waals surface area contributed by atoms with Gasteiger partial charge in [0.2, 0.25) is 6.79 Å². The summed E-state index contributed by atoms with van der Waals surface area (Å²) < 4.78 is 12.2. The number of quaternary nitrogens is 1. The lowest BCUT2D eigenvalue weighted by Crippen LogP contribution is -2.45. The van der Waals surface area contributed by atoms with Gasteiger partial charge in [-0.25, -0.2) is 0 Å². The molecule has 2 aliphatic heterocycles. The summed E-state index contributed by atoms with van der Waals surface area (Å²) in [6.07, 6.45) is 3.07. The van der Waals surface area contributed by atoms with E-state index in [9.17, 15) is 5.26 Å². The van der Waals surface area contributed by atoms with Crippen LogP contribution in [0.4, 0.5) is 0 Å². The van der Waals surface area contributed by atoms with Crippen molar-refractivity contribution in [2.75, 3.05) is 33.5 Å². The number of likely N-dealkylation sites (tertiary alicyclic amines) is 1. The first-order valence-corrected chi connectivity index (χ1v) is 12.8. The summed E-state index contributed by atoms with van der Waals surface area (Å²) >= 11 is 0. The van der Waals surface area contributed by atoms with Crippen LogP contribution in [0.2, 0.25) is 0 Å². The predicted molar refractivity (Wildman–Crippen MR) is 136 cm³/mol. The Bertz CT molecular complexity index is 1180. The minimum atomic E-state index is -0.572. The Morgan fingerprint density at radius 3 is 2.14 bits per heavy atom. The molecule has 1 saturated carbocycles. The van der Waals surface area contributed by atoms with Gasteiger partial charge >= 0.3 is 0 Å². The van der Waals surface area contributed by atoms with Crippen LogP contribution < -0.4 is 9.47 Å². The summed E-state index contributed by atoms with van der Waals surface area (Å²) in [6.45, 7) is 4.01. The molecule has 0 aromatic heterocycles. The molecule has 4 heteroatoms. The molecule has 3 aromatic carbocycles. The highest BCUT2D eigenvalue weighted by Gasteiger charge is 2.61. The number of likely N-dealkylation sites (N-methyl/N-ethyl adjacent to an activating group) is 1. The molecule has 1 saturated heterocycles. The van der Waals surface area contributed by atoms with Crippen molar-refractivity contribution in [1.29, 1.82) is 5.26 Å². The van der Waals surface area contributed by atoms with Crippen molar-refractivity contribution in [3.8, 4) is 17.6 Å². The summed E-state index contributed by atoms with van der Waals surface area (Å²) in [7, 11) is 2.42. The molecule has 2 atom stereocenters. The zero-order chi connectivity index (χ0) is 23.9. The van der Waals surface area contributed by atoms with Gasteiger partial charge in [-0.15, -0.1) is 0 Å². The highest BCUT2D eigenvalue weighted by atomic mass is 16.7. The Labute approximate surface area is 208 Å². The van der Waals surface area contributed by atoms with Crippen LogP contribution in [0, 0.1) is 29.1 Å². The number of nitriles is 1. The molecule has 2 heterocycles. The number of ether oxygens (including phenoxy) is 2. The third kappa shape index (κ3) is 4.09. The Balaban J connectivity index is 1.09. The van der Waals surface area contributed by atoms with Gasteiger partial charge in [0.15, 0.2) is 11.5 Å². The van der Waals surface area contributed by atoms with Gasteiger partial charge in [0.05, 0.1) is 32.8 Å². The maximum absolute atomic E-state index is 10.5. The van der Waals surface area contributed by atoms with Crippen LogP contribution in [0.1, 0.15) is 29.5 Å². The van der Waals surface area contributed by atoms with Crippen molar-refractivity contribution < 1.29 is 14.0 Å². The zero-order valence-corrected chi connectivity index (χ0v) is 20.4. The van der Waals surface area contributed by atoms with Crippen LogP contribution in [0.3, 0.4) is 0 Å². The molecule has 0 bridgehead atoms. The van der Waals surface area contributed by atoms with Gasteiger partial charge in [-0.05, 0) is 47.6 Å². The van der Waals surface area contributed by atoms with Crippen molar-refractivity contribution in [2.24, 2.45) is 17.8 Å². The first kappa shape index (κ1) is 22.2. The number of hydrogen-bond donors (Lipinski definition) is 0. The van der Waals surface area contributed by atoms with Crippen molar-refractivity contribution in [2.45, 2.75) is 24.7 Å². The summed E-state index contributed by atoms with van der Waals surface area (Å²) in [5.74, 6) is 4.11. The monoisotopic (exact) mass is 465 g/mol. The van der Waals surface area contributed by atoms with Crippen LogP contribution >= 0.6 is 0 Å². The lowest BCUT2D eigenvalue weighted by molar-refractivity contribution is -0.903. The fraction of sp³-hybridized carbons (Fsp3) is 0.387.